The summed E-state index contributed by atoms with van der Waals surface area (Å²) in [7, 11) is 3.19. The highest BCUT2D eigenvalue weighted by molar-refractivity contribution is 7.21. The van der Waals surface area contributed by atoms with Crippen LogP contribution in [0.5, 0.6) is 23.0 Å². The highest BCUT2D eigenvalue weighted by Gasteiger charge is 2.12. The molecule has 0 aliphatic heterocycles. The molecule has 0 saturated carbocycles. The van der Waals surface area contributed by atoms with Gasteiger partial charge in [-0.1, -0.05) is 30.3 Å². The lowest BCUT2D eigenvalue weighted by Crippen LogP contribution is -2.01. The summed E-state index contributed by atoms with van der Waals surface area (Å²) < 4.78 is 24.2. The summed E-state index contributed by atoms with van der Waals surface area (Å²) in [6, 6.07) is 27.1. The van der Waals surface area contributed by atoms with Gasteiger partial charge in [0.05, 0.1) is 24.4 Å². The summed E-state index contributed by atoms with van der Waals surface area (Å²) in [6.45, 7) is 0.729. The van der Waals surface area contributed by atoms with E-state index in [-0.39, 0.29) is 0 Å². The first-order valence-corrected chi connectivity index (χ1v) is 12.5. The van der Waals surface area contributed by atoms with Crippen molar-refractivity contribution < 1.29 is 23.7 Å². The fourth-order valence-corrected chi connectivity index (χ4v) is 4.89. The van der Waals surface area contributed by atoms with Gasteiger partial charge in [-0.3, -0.25) is 4.79 Å². The number of carbonyl (C=O) groups excluding carboxylic acids is 1. The van der Waals surface area contributed by atoms with Crippen LogP contribution in [0.1, 0.15) is 21.5 Å². The van der Waals surface area contributed by atoms with Crippen molar-refractivity contribution in [3.63, 3.8) is 0 Å². The van der Waals surface area contributed by atoms with E-state index in [1.54, 1.807) is 43.8 Å². The second kappa shape index (κ2) is 11.1. The van der Waals surface area contributed by atoms with Crippen LogP contribution in [0, 0.1) is 0 Å². The number of aromatic nitrogens is 1. The molecule has 0 radical (unpaired) electrons. The van der Waals surface area contributed by atoms with Crippen molar-refractivity contribution >= 4 is 27.8 Å². The van der Waals surface area contributed by atoms with Crippen molar-refractivity contribution in [2.75, 3.05) is 14.2 Å². The second-order valence-electron chi connectivity index (χ2n) is 8.28. The standard InChI is InChI=1S/C30H25NO5S/c1-33-27-15-20(17-32)10-12-25(27)35-18-21-6-5-7-22(14-21)19-36-26-13-11-23(16-28(26)34-2)30-31-24-8-3-4-9-29(24)37-30/h3-17H,18-19H2,1-2H3. The number of hydrogen-bond acceptors (Lipinski definition) is 7. The Hall–Kier alpha value is -4.36. The summed E-state index contributed by atoms with van der Waals surface area (Å²) in [5, 5.41) is 0.941. The molecular weight excluding hydrogens is 486 g/mol. The number of para-hydroxylation sites is 1. The molecule has 0 fully saturated rings. The summed E-state index contributed by atoms with van der Waals surface area (Å²) >= 11 is 1.65. The van der Waals surface area contributed by atoms with Crippen molar-refractivity contribution in [1.29, 1.82) is 0 Å². The van der Waals surface area contributed by atoms with Gasteiger partial charge in [0, 0.05) is 11.1 Å². The minimum absolute atomic E-state index is 0.352. The maximum absolute atomic E-state index is 11.0. The number of fused-ring (bicyclic) bond motifs is 1. The van der Waals surface area contributed by atoms with Gasteiger partial charge in [0.1, 0.15) is 24.5 Å². The van der Waals surface area contributed by atoms with Gasteiger partial charge >= 0.3 is 0 Å². The first-order valence-electron chi connectivity index (χ1n) is 11.7. The lowest BCUT2D eigenvalue weighted by molar-refractivity contribution is 0.112. The van der Waals surface area contributed by atoms with E-state index in [0.29, 0.717) is 41.8 Å². The first kappa shape index (κ1) is 24.3. The van der Waals surface area contributed by atoms with Crippen LogP contribution >= 0.6 is 11.3 Å². The molecule has 0 aliphatic carbocycles. The third-order valence-corrected chi connectivity index (χ3v) is 6.89. The highest BCUT2D eigenvalue weighted by atomic mass is 32.1. The molecule has 0 unspecified atom stereocenters. The predicted octanol–water partition coefficient (Wildman–Crippen LogP) is 6.95. The van der Waals surface area contributed by atoms with E-state index in [0.717, 1.165) is 38.2 Å². The maximum Gasteiger partial charge on any atom is 0.161 e. The second-order valence-corrected chi connectivity index (χ2v) is 9.31. The molecular formula is C30H25NO5S. The van der Waals surface area contributed by atoms with Crippen LogP contribution in [0.2, 0.25) is 0 Å². The van der Waals surface area contributed by atoms with Crippen LogP contribution in [0.3, 0.4) is 0 Å². The van der Waals surface area contributed by atoms with Gasteiger partial charge in [-0.15, -0.1) is 11.3 Å². The van der Waals surface area contributed by atoms with Crippen LogP contribution in [0.25, 0.3) is 20.8 Å². The molecule has 0 bridgehead atoms. The molecule has 1 heterocycles. The number of thiazole rings is 1. The van der Waals surface area contributed by atoms with Crippen LogP contribution in [-0.2, 0) is 13.2 Å². The predicted molar refractivity (Wildman–Crippen MR) is 145 cm³/mol. The Kier molecular flexibility index (Phi) is 7.33. The summed E-state index contributed by atoms with van der Waals surface area (Å²) in [5.41, 5.74) is 4.50. The third-order valence-electron chi connectivity index (χ3n) is 5.81. The minimum atomic E-state index is 0.352. The summed E-state index contributed by atoms with van der Waals surface area (Å²) in [4.78, 5) is 15.7. The van der Waals surface area contributed by atoms with Gasteiger partial charge in [-0.2, -0.15) is 0 Å². The largest absolute Gasteiger partial charge is 0.493 e. The van der Waals surface area contributed by atoms with E-state index in [9.17, 15) is 4.79 Å². The van der Waals surface area contributed by atoms with E-state index in [4.69, 9.17) is 23.9 Å². The number of hydrogen-bond donors (Lipinski definition) is 0. The van der Waals surface area contributed by atoms with Gasteiger partial charge in [-0.05, 0) is 65.7 Å². The van der Waals surface area contributed by atoms with E-state index in [1.165, 1.54) is 0 Å². The van der Waals surface area contributed by atoms with Crippen molar-refractivity contribution in [2.45, 2.75) is 13.2 Å². The van der Waals surface area contributed by atoms with Gasteiger partial charge in [0.15, 0.2) is 23.0 Å². The molecule has 5 aromatic rings. The lowest BCUT2D eigenvalue weighted by Gasteiger charge is -2.13. The molecule has 0 spiro atoms. The molecule has 0 atom stereocenters. The van der Waals surface area contributed by atoms with Crippen LogP contribution in [0.15, 0.2) is 84.9 Å². The molecule has 0 saturated heterocycles. The Morgan fingerprint density at radius 1 is 0.730 bits per heavy atom. The fourth-order valence-electron chi connectivity index (χ4n) is 3.92. The highest BCUT2D eigenvalue weighted by Crippen LogP contribution is 2.36. The van der Waals surface area contributed by atoms with E-state index in [2.05, 4.69) is 6.07 Å². The number of benzene rings is 4. The minimum Gasteiger partial charge on any atom is -0.493 e. The lowest BCUT2D eigenvalue weighted by atomic mass is 10.1. The number of nitrogens with zero attached hydrogens (tertiary/aromatic N) is 1. The monoisotopic (exact) mass is 511 g/mol. The zero-order chi connectivity index (χ0) is 25.6. The van der Waals surface area contributed by atoms with Crippen molar-refractivity contribution in [1.82, 2.24) is 4.98 Å². The number of rotatable bonds is 10. The Labute approximate surface area is 219 Å². The van der Waals surface area contributed by atoms with E-state index < -0.39 is 0 Å². The van der Waals surface area contributed by atoms with Crippen LogP contribution < -0.4 is 18.9 Å². The molecule has 5 rings (SSSR count). The molecule has 4 aromatic carbocycles. The van der Waals surface area contributed by atoms with Gasteiger partial charge in [0.2, 0.25) is 0 Å². The Morgan fingerprint density at radius 3 is 2.08 bits per heavy atom. The molecule has 0 amide bonds. The third kappa shape index (κ3) is 5.57. The quantitative estimate of drug-likeness (QED) is 0.189. The molecule has 37 heavy (non-hydrogen) atoms. The number of methoxy groups -OCH3 is 2. The van der Waals surface area contributed by atoms with Crippen LogP contribution in [0.4, 0.5) is 0 Å². The fraction of sp³-hybridized carbons (Fsp3) is 0.133. The molecule has 1 aromatic heterocycles. The average Bonchev–Trinajstić information content (AvgIpc) is 3.39. The molecule has 6 nitrogen and oxygen atoms in total. The van der Waals surface area contributed by atoms with Gasteiger partial charge in [0.25, 0.3) is 0 Å². The molecule has 7 heteroatoms. The zero-order valence-electron chi connectivity index (χ0n) is 20.5. The van der Waals surface area contributed by atoms with Gasteiger partial charge in [-0.25, -0.2) is 4.98 Å². The number of ether oxygens (including phenoxy) is 4. The number of carbonyl (C=O) groups is 1. The zero-order valence-corrected chi connectivity index (χ0v) is 21.3. The topological polar surface area (TPSA) is 66.9 Å². The molecule has 0 N–H and O–H groups in total. The van der Waals surface area contributed by atoms with Crippen LogP contribution in [-0.4, -0.2) is 25.5 Å². The Morgan fingerprint density at radius 2 is 1.41 bits per heavy atom. The molecule has 0 aliphatic rings. The van der Waals surface area contributed by atoms with E-state index in [1.807, 2.05) is 60.7 Å². The average molecular weight is 512 g/mol. The Balaban J connectivity index is 1.26. The van der Waals surface area contributed by atoms with Gasteiger partial charge < -0.3 is 18.9 Å². The maximum atomic E-state index is 11.0. The number of aldehydes is 1. The van der Waals surface area contributed by atoms with E-state index >= 15 is 0 Å². The smallest absolute Gasteiger partial charge is 0.161 e. The van der Waals surface area contributed by atoms with Crippen molar-refractivity contribution in [3.8, 4) is 33.6 Å². The molecule has 186 valence electrons. The summed E-state index contributed by atoms with van der Waals surface area (Å²) in [6.07, 6.45) is 0.777. The first-order chi connectivity index (χ1) is 18.2. The van der Waals surface area contributed by atoms with Crippen molar-refractivity contribution in [2.24, 2.45) is 0 Å². The summed E-state index contributed by atoms with van der Waals surface area (Å²) in [5.74, 6) is 2.41. The van der Waals surface area contributed by atoms with Crippen molar-refractivity contribution in [3.05, 3.63) is 102 Å². The normalized spacial score (nSPS) is 10.8. The Bertz CT molecular complexity index is 1510. The SMILES string of the molecule is COc1cc(C=O)ccc1OCc1cccc(COc2ccc(-c3nc4ccccc4s3)cc2OC)c1.